The molecule has 0 amide bonds. The Hall–Kier alpha value is -1.32. The molecule has 2 aromatic rings. The van der Waals surface area contributed by atoms with Gasteiger partial charge in [0.25, 0.3) is 0 Å². The van der Waals surface area contributed by atoms with Crippen LogP contribution in [0.2, 0.25) is 0 Å². The van der Waals surface area contributed by atoms with Crippen LogP contribution in [0, 0.1) is 0 Å². The van der Waals surface area contributed by atoms with E-state index in [1.54, 1.807) is 0 Å². The van der Waals surface area contributed by atoms with Crippen LogP contribution in [-0.4, -0.2) is 24.6 Å². The summed E-state index contributed by atoms with van der Waals surface area (Å²) in [6.45, 7) is 3.26. The molecule has 3 heteroatoms. The van der Waals surface area contributed by atoms with E-state index in [2.05, 4.69) is 39.9 Å². The number of H-pyrrole nitrogens is 1. The zero-order valence-electron chi connectivity index (χ0n) is 9.84. The van der Waals surface area contributed by atoms with Crippen LogP contribution in [0.15, 0.2) is 24.3 Å². The van der Waals surface area contributed by atoms with E-state index in [1.807, 2.05) is 0 Å². The largest absolute Gasteiger partial charge is 0.357 e. The van der Waals surface area contributed by atoms with Crippen LogP contribution in [0.1, 0.15) is 17.7 Å². The topological polar surface area (TPSA) is 39.9 Å². The maximum Gasteiger partial charge on any atom is 0.0727 e. The third kappa shape index (κ3) is 1.24. The van der Waals surface area contributed by atoms with Crippen LogP contribution in [0.4, 0.5) is 0 Å². The molecule has 2 aliphatic heterocycles. The number of aromatic amines is 1. The van der Waals surface area contributed by atoms with E-state index in [4.69, 9.17) is 0 Å². The van der Waals surface area contributed by atoms with E-state index < -0.39 is 0 Å². The van der Waals surface area contributed by atoms with Gasteiger partial charge in [-0.3, -0.25) is 0 Å². The van der Waals surface area contributed by atoms with Crippen LogP contribution < -0.4 is 10.6 Å². The van der Waals surface area contributed by atoms with Crippen molar-refractivity contribution in [1.82, 2.24) is 15.6 Å². The molecular formula is C14H17N3. The molecule has 0 saturated carbocycles. The molecule has 0 aliphatic carbocycles. The van der Waals surface area contributed by atoms with Crippen molar-refractivity contribution in [2.24, 2.45) is 0 Å². The second-order valence-corrected chi connectivity index (χ2v) is 5.21. The van der Waals surface area contributed by atoms with E-state index in [0.717, 1.165) is 26.1 Å². The van der Waals surface area contributed by atoms with Crippen molar-refractivity contribution < 1.29 is 0 Å². The van der Waals surface area contributed by atoms with E-state index in [9.17, 15) is 0 Å². The third-order valence-electron chi connectivity index (χ3n) is 4.29. The highest BCUT2D eigenvalue weighted by molar-refractivity contribution is 5.85. The number of rotatable bonds is 0. The predicted octanol–water partition coefficient (Wildman–Crippen LogP) is 1.50. The number of para-hydroxylation sites is 1. The summed E-state index contributed by atoms with van der Waals surface area (Å²) >= 11 is 0. The lowest BCUT2D eigenvalue weighted by Crippen LogP contribution is -2.48. The number of hydrogen-bond donors (Lipinski definition) is 3. The Morgan fingerprint density at radius 2 is 2.06 bits per heavy atom. The summed E-state index contributed by atoms with van der Waals surface area (Å²) in [5, 5.41) is 8.62. The lowest BCUT2D eigenvalue weighted by atomic mass is 9.86. The van der Waals surface area contributed by atoms with Crippen LogP contribution in [-0.2, 0) is 12.0 Å². The summed E-state index contributed by atoms with van der Waals surface area (Å²) in [6, 6.07) is 8.67. The molecule has 1 fully saturated rings. The smallest absolute Gasteiger partial charge is 0.0727 e. The van der Waals surface area contributed by atoms with Crippen LogP contribution >= 0.6 is 0 Å². The van der Waals surface area contributed by atoms with Gasteiger partial charge in [0, 0.05) is 29.7 Å². The fourth-order valence-electron chi connectivity index (χ4n) is 3.44. The van der Waals surface area contributed by atoms with Crippen molar-refractivity contribution in [2.75, 3.05) is 19.6 Å². The van der Waals surface area contributed by atoms with E-state index in [-0.39, 0.29) is 5.54 Å². The number of hydrogen-bond acceptors (Lipinski definition) is 2. The highest BCUT2D eigenvalue weighted by Crippen LogP contribution is 2.36. The molecule has 3 N–H and O–H groups in total. The molecule has 1 spiro atoms. The van der Waals surface area contributed by atoms with Gasteiger partial charge in [0.2, 0.25) is 0 Å². The Balaban J connectivity index is 1.99. The molecule has 88 valence electrons. The molecule has 1 aromatic heterocycles. The normalized spacial score (nSPS) is 27.8. The van der Waals surface area contributed by atoms with Crippen molar-refractivity contribution in [3.05, 3.63) is 35.5 Å². The summed E-state index contributed by atoms with van der Waals surface area (Å²) in [7, 11) is 0. The average Bonchev–Trinajstić information content (AvgIpc) is 2.96. The van der Waals surface area contributed by atoms with Gasteiger partial charge >= 0.3 is 0 Å². The maximum atomic E-state index is 3.72. The summed E-state index contributed by atoms with van der Waals surface area (Å²) in [5.41, 5.74) is 4.40. The standard InChI is InChI=1S/C14H17N3/c1-2-4-12-10(3-1)11-5-7-16-14(13(11)17-12)6-8-15-9-14/h1-4,15-17H,5-9H2. The Kier molecular flexibility index (Phi) is 1.90. The van der Waals surface area contributed by atoms with E-state index >= 15 is 0 Å². The summed E-state index contributed by atoms with van der Waals surface area (Å²) in [4.78, 5) is 3.65. The average molecular weight is 227 g/mol. The minimum atomic E-state index is 0.159. The van der Waals surface area contributed by atoms with Gasteiger partial charge in [0.15, 0.2) is 0 Å². The third-order valence-corrected chi connectivity index (χ3v) is 4.29. The van der Waals surface area contributed by atoms with Crippen LogP contribution in [0.25, 0.3) is 10.9 Å². The molecule has 1 saturated heterocycles. The Morgan fingerprint density at radius 1 is 1.12 bits per heavy atom. The van der Waals surface area contributed by atoms with Crippen molar-refractivity contribution in [3.63, 3.8) is 0 Å². The molecule has 3 nitrogen and oxygen atoms in total. The first-order valence-corrected chi connectivity index (χ1v) is 6.45. The second-order valence-electron chi connectivity index (χ2n) is 5.21. The Morgan fingerprint density at radius 3 is 2.94 bits per heavy atom. The Labute approximate surface area is 101 Å². The van der Waals surface area contributed by atoms with E-state index in [0.29, 0.717) is 0 Å². The fraction of sp³-hybridized carbons (Fsp3) is 0.429. The van der Waals surface area contributed by atoms with Gasteiger partial charge in [0.05, 0.1) is 5.54 Å². The van der Waals surface area contributed by atoms with Crippen LogP contribution in [0.3, 0.4) is 0 Å². The monoisotopic (exact) mass is 227 g/mol. The minimum absolute atomic E-state index is 0.159. The van der Waals surface area contributed by atoms with Crippen molar-refractivity contribution in [1.29, 1.82) is 0 Å². The van der Waals surface area contributed by atoms with Gasteiger partial charge in [-0.05, 0) is 31.0 Å². The molecule has 1 atom stereocenters. The maximum absolute atomic E-state index is 3.72. The summed E-state index contributed by atoms with van der Waals surface area (Å²) < 4.78 is 0. The highest BCUT2D eigenvalue weighted by atomic mass is 15.1. The molecule has 17 heavy (non-hydrogen) atoms. The van der Waals surface area contributed by atoms with Crippen molar-refractivity contribution in [2.45, 2.75) is 18.4 Å². The lowest BCUT2D eigenvalue weighted by Gasteiger charge is -2.34. The molecule has 1 unspecified atom stereocenters. The SMILES string of the molecule is c1ccc2c3c([nH]c2c1)C1(CCNC1)NCC3. The number of fused-ring (bicyclic) bond motifs is 4. The van der Waals surface area contributed by atoms with Gasteiger partial charge in [-0.1, -0.05) is 18.2 Å². The van der Waals surface area contributed by atoms with Crippen molar-refractivity contribution in [3.8, 4) is 0 Å². The molecule has 4 rings (SSSR count). The lowest BCUT2D eigenvalue weighted by molar-refractivity contribution is 0.339. The quantitative estimate of drug-likeness (QED) is 0.638. The molecule has 3 heterocycles. The number of benzene rings is 1. The molecule has 0 radical (unpaired) electrons. The first-order chi connectivity index (χ1) is 8.39. The minimum Gasteiger partial charge on any atom is -0.357 e. The van der Waals surface area contributed by atoms with Gasteiger partial charge in [-0.15, -0.1) is 0 Å². The first-order valence-electron chi connectivity index (χ1n) is 6.45. The van der Waals surface area contributed by atoms with Crippen LogP contribution in [0.5, 0.6) is 0 Å². The fourth-order valence-corrected chi connectivity index (χ4v) is 3.44. The number of nitrogens with one attached hydrogen (secondary N) is 3. The van der Waals surface area contributed by atoms with E-state index in [1.165, 1.54) is 28.6 Å². The summed E-state index contributed by atoms with van der Waals surface area (Å²) in [6.07, 6.45) is 2.33. The first kappa shape index (κ1) is 9.68. The van der Waals surface area contributed by atoms with Gasteiger partial charge < -0.3 is 15.6 Å². The highest BCUT2D eigenvalue weighted by Gasteiger charge is 2.40. The van der Waals surface area contributed by atoms with Crippen molar-refractivity contribution >= 4 is 10.9 Å². The zero-order chi connectivity index (χ0) is 11.3. The molecule has 1 aromatic carbocycles. The predicted molar refractivity (Wildman–Crippen MR) is 69.2 cm³/mol. The second kappa shape index (κ2) is 3.34. The zero-order valence-corrected chi connectivity index (χ0v) is 9.84. The number of aromatic nitrogens is 1. The molecular weight excluding hydrogens is 210 g/mol. The summed E-state index contributed by atoms with van der Waals surface area (Å²) in [5.74, 6) is 0. The molecule has 2 aliphatic rings. The van der Waals surface area contributed by atoms with Gasteiger partial charge in [0.1, 0.15) is 0 Å². The molecule has 0 bridgehead atoms. The van der Waals surface area contributed by atoms with Gasteiger partial charge in [-0.25, -0.2) is 0 Å². The van der Waals surface area contributed by atoms with Gasteiger partial charge in [-0.2, -0.15) is 0 Å². The Bertz CT molecular complexity index is 564.